The van der Waals surface area contributed by atoms with E-state index in [4.69, 9.17) is 13.9 Å². The van der Waals surface area contributed by atoms with Gasteiger partial charge in [0, 0.05) is 18.7 Å². The van der Waals surface area contributed by atoms with Crippen LogP contribution in [0.5, 0.6) is 5.88 Å². The Bertz CT molecular complexity index is 436. The first kappa shape index (κ1) is 9.02. The number of hydrogen-bond donors (Lipinski definition) is 0. The van der Waals surface area contributed by atoms with E-state index < -0.39 is 0 Å². The van der Waals surface area contributed by atoms with Crippen LogP contribution in [-0.2, 0) is 11.3 Å². The van der Waals surface area contributed by atoms with E-state index >= 15 is 0 Å². The molecule has 0 aliphatic heterocycles. The van der Waals surface area contributed by atoms with Crippen LogP contribution in [0, 0.1) is 0 Å². The standard InChI is InChI=1S/C10H11NO3/c1-12-6-8-5-7-3-4-11-10(13-2)9(7)14-8/h3-5H,6H2,1-2H3. The summed E-state index contributed by atoms with van der Waals surface area (Å²) < 4.78 is 15.6. The highest BCUT2D eigenvalue weighted by Crippen LogP contribution is 2.26. The van der Waals surface area contributed by atoms with E-state index in [1.807, 2.05) is 12.1 Å². The molecule has 0 aromatic carbocycles. The zero-order valence-corrected chi connectivity index (χ0v) is 8.11. The Labute approximate surface area is 81.4 Å². The molecule has 2 heterocycles. The molecule has 0 aliphatic carbocycles. The van der Waals surface area contributed by atoms with Crippen molar-refractivity contribution in [2.45, 2.75) is 6.61 Å². The average molecular weight is 193 g/mol. The van der Waals surface area contributed by atoms with Crippen LogP contribution in [0.25, 0.3) is 11.0 Å². The number of fused-ring (bicyclic) bond motifs is 1. The van der Waals surface area contributed by atoms with Crippen molar-refractivity contribution in [1.82, 2.24) is 4.98 Å². The fourth-order valence-corrected chi connectivity index (χ4v) is 1.35. The number of hydrogen-bond acceptors (Lipinski definition) is 4. The van der Waals surface area contributed by atoms with Crippen LogP contribution in [0.15, 0.2) is 22.7 Å². The van der Waals surface area contributed by atoms with Gasteiger partial charge in [0.25, 0.3) is 5.88 Å². The fourth-order valence-electron chi connectivity index (χ4n) is 1.35. The van der Waals surface area contributed by atoms with Gasteiger partial charge in [0.15, 0.2) is 5.58 Å². The van der Waals surface area contributed by atoms with Gasteiger partial charge in [-0.25, -0.2) is 4.98 Å². The van der Waals surface area contributed by atoms with E-state index in [0.29, 0.717) is 18.1 Å². The molecule has 2 rings (SSSR count). The minimum atomic E-state index is 0.456. The van der Waals surface area contributed by atoms with Gasteiger partial charge in [-0.05, 0) is 12.1 Å². The van der Waals surface area contributed by atoms with Crippen molar-refractivity contribution in [2.24, 2.45) is 0 Å². The minimum Gasteiger partial charge on any atom is -0.478 e. The zero-order chi connectivity index (χ0) is 9.97. The number of furan rings is 1. The van der Waals surface area contributed by atoms with Gasteiger partial charge in [-0.1, -0.05) is 0 Å². The van der Waals surface area contributed by atoms with Crippen LogP contribution >= 0.6 is 0 Å². The van der Waals surface area contributed by atoms with Gasteiger partial charge in [-0.15, -0.1) is 0 Å². The molecule has 14 heavy (non-hydrogen) atoms. The Hall–Kier alpha value is -1.55. The van der Waals surface area contributed by atoms with Gasteiger partial charge < -0.3 is 13.9 Å². The molecule has 4 heteroatoms. The second-order valence-electron chi connectivity index (χ2n) is 2.88. The maximum atomic E-state index is 5.52. The van der Waals surface area contributed by atoms with Gasteiger partial charge in [0.1, 0.15) is 12.4 Å². The topological polar surface area (TPSA) is 44.5 Å². The quantitative estimate of drug-likeness (QED) is 0.747. The van der Waals surface area contributed by atoms with Crippen molar-refractivity contribution in [2.75, 3.05) is 14.2 Å². The Morgan fingerprint density at radius 1 is 1.43 bits per heavy atom. The summed E-state index contributed by atoms with van der Waals surface area (Å²) in [5, 5.41) is 0.976. The largest absolute Gasteiger partial charge is 0.478 e. The molecule has 0 N–H and O–H groups in total. The molecule has 2 aromatic rings. The lowest BCUT2D eigenvalue weighted by molar-refractivity contribution is 0.166. The van der Waals surface area contributed by atoms with E-state index in [0.717, 1.165) is 11.1 Å². The van der Waals surface area contributed by atoms with Gasteiger partial charge in [-0.3, -0.25) is 0 Å². The van der Waals surface area contributed by atoms with Crippen molar-refractivity contribution < 1.29 is 13.9 Å². The first-order chi connectivity index (χ1) is 6.85. The second-order valence-corrected chi connectivity index (χ2v) is 2.88. The van der Waals surface area contributed by atoms with Gasteiger partial charge >= 0.3 is 0 Å². The van der Waals surface area contributed by atoms with Crippen molar-refractivity contribution >= 4 is 11.0 Å². The predicted octanol–water partition coefficient (Wildman–Crippen LogP) is 1.98. The molecular weight excluding hydrogens is 182 g/mol. The molecule has 0 saturated heterocycles. The monoisotopic (exact) mass is 193 g/mol. The molecule has 0 spiro atoms. The van der Waals surface area contributed by atoms with E-state index in [-0.39, 0.29) is 0 Å². The third kappa shape index (κ3) is 1.44. The predicted molar refractivity (Wildman–Crippen MR) is 51.3 cm³/mol. The van der Waals surface area contributed by atoms with Gasteiger partial charge in [0.2, 0.25) is 0 Å². The van der Waals surface area contributed by atoms with Crippen molar-refractivity contribution in [3.05, 3.63) is 24.1 Å². The summed E-state index contributed by atoms with van der Waals surface area (Å²) in [4.78, 5) is 4.04. The lowest BCUT2D eigenvalue weighted by atomic mass is 10.3. The second kappa shape index (κ2) is 3.67. The van der Waals surface area contributed by atoms with E-state index in [1.165, 1.54) is 0 Å². The molecule has 0 aliphatic rings. The molecule has 0 fully saturated rings. The number of pyridine rings is 1. The summed E-state index contributed by atoms with van der Waals surface area (Å²) in [7, 11) is 3.20. The fraction of sp³-hybridized carbons (Fsp3) is 0.300. The minimum absolute atomic E-state index is 0.456. The molecule has 0 atom stereocenters. The average Bonchev–Trinajstić information content (AvgIpc) is 2.60. The number of ether oxygens (including phenoxy) is 2. The van der Waals surface area contributed by atoms with Crippen molar-refractivity contribution in [1.29, 1.82) is 0 Å². The third-order valence-corrected chi connectivity index (χ3v) is 1.93. The summed E-state index contributed by atoms with van der Waals surface area (Å²) in [6.45, 7) is 0.456. The molecule has 4 nitrogen and oxygen atoms in total. The maximum absolute atomic E-state index is 5.52. The number of methoxy groups -OCH3 is 2. The van der Waals surface area contributed by atoms with Crippen molar-refractivity contribution in [3.8, 4) is 5.88 Å². The van der Waals surface area contributed by atoms with Crippen LogP contribution in [0.1, 0.15) is 5.76 Å². The van der Waals surface area contributed by atoms with Crippen LogP contribution in [0.3, 0.4) is 0 Å². The smallest absolute Gasteiger partial charge is 0.258 e. The van der Waals surface area contributed by atoms with E-state index in [1.54, 1.807) is 20.4 Å². The Morgan fingerprint density at radius 2 is 2.29 bits per heavy atom. The lowest BCUT2D eigenvalue weighted by Gasteiger charge is -1.97. The molecule has 0 radical (unpaired) electrons. The number of rotatable bonds is 3. The highest BCUT2D eigenvalue weighted by molar-refractivity contribution is 5.81. The highest BCUT2D eigenvalue weighted by Gasteiger charge is 2.08. The molecule has 0 bridgehead atoms. The molecule has 0 amide bonds. The molecule has 0 saturated carbocycles. The van der Waals surface area contributed by atoms with Crippen molar-refractivity contribution in [3.63, 3.8) is 0 Å². The molecule has 74 valence electrons. The summed E-state index contributed by atoms with van der Waals surface area (Å²) in [6, 6.07) is 3.80. The first-order valence-corrected chi connectivity index (χ1v) is 4.25. The van der Waals surface area contributed by atoms with Gasteiger partial charge in [-0.2, -0.15) is 0 Å². The summed E-state index contributed by atoms with van der Waals surface area (Å²) in [5.41, 5.74) is 0.669. The third-order valence-electron chi connectivity index (χ3n) is 1.93. The van der Waals surface area contributed by atoms with E-state index in [9.17, 15) is 0 Å². The Morgan fingerprint density at radius 3 is 3.00 bits per heavy atom. The molecular formula is C10H11NO3. The lowest BCUT2D eigenvalue weighted by Crippen LogP contribution is -1.86. The Balaban J connectivity index is 2.52. The normalized spacial score (nSPS) is 10.7. The van der Waals surface area contributed by atoms with Crippen LogP contribution in [0.4, 0.5) is 0 Å². The van der Waals surface area contributed by atoms with Gasteiger partial charge in [0.05, 0.1) is 7.11 Å². The Kier molecular flexibility index (Phi) is 2.37. The van der Waals surface area contributed by atoms with Crippen LogP contribution in [-0.4, -0.2) is 19.2 Å². The number of nitrogens with zero attached hydrogens (tertiary/aromatic N) is 1. The van der Waals surface area contributed by atoms with Crippen LogP contribution in [0.2, 0.25) is 0 Å². The summed E-state index contributed by atoms with van der Waals surface area (Å²) in [5.74, 6) is 1.28. The van der Waals surface area contributed by atoms with Crippen LogP contribution < -0.4 is 4.74 Å². The number of aromatic nitrogens is 1. The molecule has 2 aromatic heterocycles. The first-order valence-electron chi connectivity index (χ1n) is 4.25. The maximum Gasteiger partial charge on any atom is 0.258 e. The summed E-state index contributed by atoms with van der Waals surface area (Å²) in [6.07, 6.45) is 1.69. The zero-order valence-electron chi connectivity index (χ0n) is 8.11. The SMILES string of the molecule is COCc1cc2ccnc(OC)c2o1. The summed E-state index contributed by atoms with van der Waals surface area (Å²) >= 11 is 0. The highest BCUT2D eigenvalue weighted by atomic mass is 16.5. The molecule has 0 unspecified atom stereocenters. The van der Waals surface area contributed by atoms with E-state index in [2.05, 4.69) is 4.98 Å².